The van der Waals surface area contributed by atoms with E-state index in [0.29, 0.717) is 0 Å². The summed E-state index contributed by atoms with van der Waals surface area (Å²) in [4.78, 5) is 24.6. The van der Waals surface area contributed by atoms with E-state index in [0.717, 1.165) is 5.56 Å². The fourth-order valence-electron chi connectivity index (χ4n) is 1.83. The Kier molecular flexibility index (Phi) is 4.13. The molecule has 1 unspecified atom stereocenters. The average Bonchev–Trinajstić information content (AvgIpc) is 2.45. The van der Waals surface area contributed by atoms with Gasteiger partial charge in [0.25, 0.3) is 0 Å². The Bertz CT molecular complexity index is 507. The quantitative estimate of drug-likeness (QED) is 0.782. The van der Waals surface area contributed by atoms with Crippen LogP contribution in [0.2, 0.25) is 0 Å². The molecule has 1 amide bonds. The van der Waals surface area contributed by atoms with Crippen LogP contribution >= 0.6 is 0 Å². The Balaban J connectivity index is 1.97. The maximum Gasteiger partial charge on any atom is 0.414 e. The van der Waals surface area contributed by atoms with Gasteiger partial charge >= 0.3 is 6.09 Å². The molecule has 0 spiro atoms. The number of nitrogens with zero attached hydrogens (tertiary/aromatic N) is 1. The molecule has 98 valence electrons. The van der Waals surface area contributed by atoms with Crippen molar-refractivity contribution in [1.82, 2.24) is 4.90 Å². The number of carbonyl (C=O) groups excluding carboxylic acids is 2. The Morgan fingerprint density at radius 1 is 1.42 bits per heavy atom. The van der Waals surface area contributed by atoms with E-state index in [2.05, 4.69) is 6.58 Å². The predicted octanol–water partition coefficient (Wildman–Crippen LogP) is 2.67. The zero-order valence-corrected chi connectivity index (χ0v) is 10.5. The van der Waals surface area contributed by atoms with Gasteiger partial charge in [-0.15, -0.1) is 6.58 Å². The van der Waals surface area contributed by atoms with Gasteiger partial charge in [-0.05, 0) is 11.6 Å². The van der Waals surface area contributed by atoms with Gasteiger partial charge < -0.3 is 4.74 Å². The van der Waals surface area contributed by atoms with Gasteiger partial charge in [0.05, 0.1) is 6.04 Å². The number of rotatable bonds is 3. The number of benzene rings is 1. The topological polar surface area (TPSA) is 46.6 Å². The maximum atomic E-state index is 11.9. The van der Waals surface area contributed by atoms with E-state index in [1.54, 1.807) is 6.08 Å². The van der Waals surface area contributed by atoms with Crippen molar-refractivity contribution < 1.29 is 14.3 Å². The molecule has 1 aliphatic rings. The minimum absolute atomic E-state index is 0.0167. The third-order valence-electron chi connectivity index (χ3n) is 2.88. The second kappa shape index (κ2) is 6.00. The van der Waals surface area contributed by atoms with Crippen LogP contribution in [-0.2, 0) is 16.1 Å². The van der Waals surface area contributed by atoms with Gasteiger partial charge in [-0.25, -0.2) is 4.79 Å². The van der Waals surface area contributed by atoms with E-state index in [1.165, 1.54) is 17.2 Å². The molecule has 1 atom stereocenters. The molecule has 0 fully saturated rings. The van der Waals surface area contributed by atoms with Crippen molar-refractivity contribution in [3.05, 3.63) is 60.8 Å². The summed E-state index contributed by atoms with van der Waals surface area (Å²) in [5, 5.41) is 0. The van der Waals surface area contributed by atoms with Gasteiger partial charge in [0.1, 0.15) is 6.61 Å². The molecule has 19 heavy (non-hydrogen) atoms. The van der Waals surface area contributed by atoms with Gasteiger partial charge in [0.15, 0.2) is 5.78 Å². The number of hydrogen-bond acceptors (Lipinski definition) is 3. The van der Waals surface area contributed by atoms with Crippen molar-refractivity contribution in [1.29, 1.82) is 0 Å². The number of hydrogen-bond donors (Lipinski definition) is 0. The highest BCUT2D eigenvalue weighted by Crippen LogP contribution is 2.15. The molecule has 0 aliphatic carbocycles. The number of carbonyl (C=O) groups is 2. The summed E-state index contributed by atoms with van der Waals surface area (Å²) < 4.78 is 5.21. The minimum Gasteiger partial charge on any atom is -0.444 e. The highest BCUT2D eigenvalue weighted by atomic mass is 16.6. The van der Waals surface area contributed by atoms with Gasteiger partial charge in [-0.3, -0.25) is 9.69 Å². The molecule has 1 aliphatic heterocycles. The van der Waals surface area contributed by atoms with Crippen molar-refractivity contribution in [3.8, 4) is 0 Å². The zero-order valence-electron chi connectivity index (χ0n) is 10.5. The number of ether oxygens (including phenoxy) is 1. The van der Waals surface area contributed by atoms with E-state index < -0.39 is 6.09 Å². The first-order valence-electron chi connectivity index (χ1n) is 6.03. The van der Waals surface area contributed by atoms with Gasteiger partial charge in [-0.2, -0.15) is 0 Å². The van der Waals surface area contributed by atoms with Crippen LogP contribution in [0.3, 0.4) is 0 Å². The van der Waals surface area contributed by atoms with E-state index in [-0.39, 0.29) is 24.9 Å². The molecular formula is C15H15NO3. The van der Waals surface area contributed by atoms with Crippen LogP contribution in [0.25, 0.3) is 0 Å². The van der Waals surface area contributed by atoms with Crippen molar-refractivity contribution in [3.63, 3.8) is 0 Å². The van der Waals surface area contributed by atoms with Crippen LogP contribution < -0.4 is 0 Å². The first-order chi connectivity index (χ1) is 9.20. The predicted molar refractivity (Wildman–Crippen MR) is 71.2 cm³/mol. The summed E-state index contributed by atoms with van der Waals surface area (Å²) in [5.74, 6) is -0.0167. The second-order valence-electron chi connectivity index (χ2n) is 4.24. The summed E-state index contributed by atoms with van der Waals surface area (Å²) in [7, 11) is 0. The van der Waals surface area contributed by atoms with Crippen LogP contribution in [-0.4, -0.2) is 22.8 Å². The molecule has 1 heterocycles. The number of amides is 1. The van der Waals surface area contributed by atoms with Crippen molar-refractivity contribution >= 4 is 11.9 Å². The van der Waals surface area contributed by atoms with Crippen LogP contribution in [0.1, 0.15) is 12.0 Å². The van der Waals surface area contributed by atoms with Crippen LogP contribution in [0.4, 0.5) is 4.79 Å². The molecule has 1 aromatic rings. The van der Waals surface area contributed by atoms with E-state index >= 15 is 0 Å². The highest BCUT2D eigenvalue weighted by molar-refractivity contribution is 5.92. The van der Waals surface area contributed by atoms with E-state index in [4.69, 9.17) is 4.74 Å². The number of ketones is 1. The molecular weight excluding hydrogens is 242 g/mol. The lowest BCUT2D eigenvalue weighted by Gasteiger charge is -2.27. The van der Waals surface area contributed by atoms with Gasteiger partial charge in [-0.1, -0.05) is 36.4 Å². The first-order valence-corrected chi connectivity index (χ1v) is 6.03. The van der Waals surface area contributed by atoms with E-state index in [1.807, 2.05) is 30.3 Å². The fourth-order valence-corrected chi connectivity index (χ4v) is 1.83. The molecule has 4 heteroatoms. The molecule has 0 saturated heterocycles. The highest BCUT2D eigenvalue weighted by Gasteiger charge is 2.25. The second-order valence-corrected chi connectivity index (χ2v) is 4.24. The largest absolute Gasteiger partial charge is 0.444 e. The SMILES string of the molecule is C=CC1CC(=O)C=CN1C(=O)OCc1ccccc1. The van der Waals surface area contributed by atoms with Crippen molar-refractivity contribution in [2.75, 3.05) is 0 Å². The lowest BCUT2D eigenvalue weighted by Crippen LogP contribution is -2.39. The Hall–Kier alpha value is -2.36. The lowest BCUT2D eigenvalue weighted by atomic mass is 10.1. The average molecular weight is 257 g/mol. The smallest absolute Gasteiger partial charge is 0.414 e. The molecule has 2 rings (SSSR count). The Morgan fingerprint density at radius 3 is 2.84 bits per heavy atom. The molecule has 0 radical (unpaired) electrons. The van der Waals surface area contributed by atoms with Gasteiger partial charge in [0.2, 0.25) is 0 Å². The summed E-state index contributed by atoms with van der Waals surface area (Å²) in [5.41, 5.74) is 0.920. The van der Waals surface area contributed by atoms with E-state index in [9.17, 15) is 9.59 Å². The minimum atomic E-state index is -0.475. The first kappa shape index (κ1) is 13.1. The molecule has 0 N–H and O–H groups in total. The Labute approximate surface area is 112 Å². The third-order valence-corrected chi connectivity index (χ3v) is 2.88. The molecule has 0 bridgehead atoms. The van der Waals surface area contributed by atoms with Crippen LogP contribution in [0.5, 0.6) is 0 Å². The summed E-state index contributed by atoms with van der Waals surface area (Å²) in [6, 6.07) is 9.10. The Morgan fingerprint density at radius 2 is 2.16 bits per heavy atom. The summed E-state index contributed by atoms with van der Waals surface area (Å²) >= 11 is 0. The fraction of sp³-hybridized carbons (Fsp3) is 0.200. The molecule has 4 nitrogen and oxygen atoms in total. The monoisotopic (exact) mass is 257 g/mol. The molecule has 0 saturated carbocycles. The zero-order chi connectivity index (χ0) is 13.7. The van der Waals surface area contributed by atoms with Gasteiger partial charge in [0, 0.05) is 12.6 Å². The molecule has 1 aromatic carbocycles. The van der Waals surface area contributed by atoms with Crippen molar-refractivity contribution in [2.24, 2.45) is 0 Å². The van der Waals surface area contributed by atoms with Crippen LogP contribution in [0, 0.1) is 0 Å². The number of allylic oxidation sites excluding steroid dienone is 1. The standard InChI is InChI=1S/C15H15NO3/c1-2-13-10-14(17)8-9-16(13)15(18)19-11-12-6-4-3-5-7-12/h2-9,13H,1,10-11H2. The summed E-state index contributed by atoms with van der Waals surface area (Å²) in [6.45, 7) is 3.84. The van der Waals surface area contributed by atoms with Crippen molar-refractivity contribution in [2.45, 2.75) is 19.1 Å². The summed E-state index contributed by atoms with van der Waals surface area (Å²) in [6.07, 6.45) is 4.18. The maximum absolute atomic E-state index is 11.9. The third kappa shape index (κ3) is 3.31. The normalized spacial score (nSPS) is 18.2. The lowest BCUT2D eigenvalue weighted by molar-refractivity contribution is -0.115. The molecule has 0 aromatic heterocycles. The van der Waals surface area contributed by atoms with Crippen LogP contribution in [0.15, 0.2) is 55.3 Å².